The third-order valence-corrected chi connectivity index (χ3v) is 4.92. The molecule has 0 unspecified atom stereocenters. The van der Waals surface area contributed by atoms with Crippen LogP contribution in [0.2, 0.25) is 5.02 Å². The fourth-order valence-electron chi connectivity index (χ4n) is 3.50. The molecule has 12 heteroatoms. The number of aromatic nitrogens is 5. The van der Waals surface area contributed by atoms with E-state index in [0.29, 0.717) is 33.6 Å². The maximum Gasteiger partial charge on any atom is 0.411 e. The number of alkyl halides is 3. The molecule has 0 fully saturated rings. The molecule has 0 saturated carbocycles. The summed E-state index contributed by atoms with van der Waals surface area (Å²) in [5, 5.41) is 8.61. The van der Waals surface area contributed by atoms with Crippen molar-refractivity contribution in [2.75, 3.05) is 13.2 Å². The van der Waals surface area contributed by atoms with Crippen LogP contribution in [0.5, 0.6) is 0 Å². The summed E-state index contributed by atoms with van der Waals surface area (Å²) in [5.74, 6) is 0.504. The van der Waals surface area contributed by atoms with E-state index in [4.69, 9.17) is 21.1 Å². The van der Waals surface area contributed by atoms with Gasteiger partial charge < -0.3 is 14.0 Å². The average Bonchev–Trinajstić information content (AvgIpc) is 3.18. The van der Waals surface area contributed by atoms with Crippen molar-refractivity contribution in [1.29, 1.82) is 0 Å². The minimum absolute atomic E-state index is 0.0777. The lowest BCUT2D eigenvalue weighted by Gasteiger charge is -2.11. The van der Waals surface area contributed by atoms with Crippen LogP contribution in [0.4, 0.5) is 13.2 Å². The molecule has 1 aliphatic rings. The van der Waals surface area contributed by atoms with Crippen LogP contribution in [0.15, 0.2) is 18.2 Å². The molecule has 0 atom stereocenters. The van der Waals surface area contributed by atoms with Gasteiger partial charge in [0, 0.05) is 10.6 Å². The highest BCUT2D eigenvalue weighted by Crippen LogP contribution is 2.35. The molecule has 4 rings (SSSR count). The number of rotatable bonds is 5. The van der Waals surface area contributed by atoms with Crippen molar-refractivity contribution in [2.24, 2.45) is 0 Å². The zero-order valence-electron chi connectivity index (χ0n) is 16.5. The van der Waals surface area contributed by atoms with Crippen LogP contribution >= 0.6 is 11.6 Å². The second kappa shape index (κ2) is 7.97. The highest BCUT2D eigenvalue weighted by Gasteiger charge is 2.31. The Kier molecular flexibility index (Phi) is 5.48. The fraction of sp³-hybridized carbons (Fsp3) is 0.368. The summed E-state index contributed by atoms with van der Waals surface area (Å²) < 4.78 is 50.8. The van der Waals surface area contributed by atoms with Crippen molar-refractivity contribution in [3.05, 3.63) is 46.3 Å². The van der Waals surface area contributed by atoms with Gasteiger partial charge in [0.2, 0.25) is 0 Å². The van der Waals surface area contributed by atoms with Gasteiger partial charge in [0.05, 0.1) is 24.5 Å². The van der Waals surface area contributed by atoms with E-state index in [-0.39, 0.29) is 24.7 Å². The summed E-state index contributed by atoms with van der Waals surface area (Å²) in [4.78, 5) is 16.9. The predicted octanol–water partition coefficient (Wildman–Crippen LogP) is 3.71. The first-order chi connectivity index (χ1) is 14.7. The lowest BCUT2D eigenvalue weighted by molar-refractivity contribution is -0.177. The number of aryl methyl sites for hydroxylation is 1. The number of benzene rings is 1. The van der Waals surface area contributed by atoms with Gasteiger partial charge in [-0.2, -0.15) is 13.2 Å². The van der Waals surface area contributed by atoms with E-state index in [1.165, 1.54) is 0 Å². The number of imidazole rings is 1. The largest absolute Gasteiger partial charge is 0.461 e. The molecule has 0 N–H and O–H groups in total. The van der Waals surface area contributed by atoms with Crippen LogP contribution in [-0.2, 0) is 22.6 Å². The Morgan fingerprint density at radius 1 is 1.29 bits per heavy atom. The third-order valence-electron chi connectivity index (χ3n) is 4.68. The first kappa shape index (κ1) is 21.3. The number of nitrogens with zero attached hydrogens (tertiary/aromatic N) is 5. The molecule has 0 aliphatic carbocycles. The molecule has 164 valence electrons. The number of carbonyl (C=O) groups excluding carboxylic acids is 1. The van der Waals surface area contributed by atoms with Crippen LogP contribution in [0.3, 0.4) is 0 Å². The van der Waals surface area contributed by atoms with Crippen molar-refractivity contribution in [3.8, 4) is 17.1 Å². The summed E-state index contributed by atoms with van der Waals surface area (Å²) in [6.07, 6.45) is -4.46. The van der Waals surface area contributed by atoms with Crippen LogP contribution in [0.25, 0.3) is 17.1 Å². The van der Waals surface area contributed by atoms with E-state index in [0.717, 1.165) is 0 Å². The SMILES string of the molecule is CCOC(=O)c1nc(C)n2c1Cn1c(COCC(F)(F)F)nnc1-c1cc(Cl)ccc1-2. The molecule has 8 nitrogen and oxygen atoms in total. The minimum Gasteiger partial charge on any atom is -0.461 e. The number of fused-ring (bicyclic) bond motifs is 5. The van der Waals surface area contributed by atoms with E-state index < -0.39 is 25.4 Å². The fourth-order valence-corrected chi connectivity index (χ4v) is 3.68. The Balaban J connectivity index is 1.85. The number of ether oxygens (including phenoxy) is 2. The molecule has 0 saturated heterocycles. The second-order valence-electron chi connectivity index (χ2n) is 6.81. The van der Waals surface area contributed by atoms with E-state index in [1.807, 2.05) is 0 Å². The number of hydrogen-bond acceptors (Lipinski definition) is 6. The molecule has 0 amide bonds. The predicted molar refractivity (Wildman–Crippen MR) is 103 cm³/mol. The van der Waals surface area contributed by atoms with Crippen LogP contribution in [0, 0.1) is 6.92 Å². The van der Waals surface area contributed by atoms with Crippen molar-refractivity contribution in [2.45, 2.75) is 33.2 Å². The monoisotopic (exact) mass is 455 g/mol. The average molecular weight is 456 g/mol. The van der Waals surface area contributed by atoms with Crippen molar-refractivity contribution >= 4 is 17.6 Å². The molecule has 2 aromatic heterocycles. The summed E-state index contributed by atoms with van der Waals surface area (Å²) in [7, 11) is 0. The van der Waals surface area contributed by atoms with Crippen LogP contribution < -0.4 is 0 Å². The van der Waals surface area contributed by atoms with Crippen LogP contribution in [-0.4, -0.2) is 49.7 Å². The topological polar surface area (TPSA) is 84.1 Å². The molecule has 1 aromatic carbocycles. The zero-order chi connectivity index (χ0) is 22.3. The Morgan fingerprint density at radius 2 is 2.06 bits per heavy atom. The normalized spacial score (nSPS) is 12.7. The number of hydrogen-bond donors (Lipinski definition) is 0. The Bertz CT molecular complexity index is 1160. The number of halogens is 4. The van der Waals surface area contributed by atoms with Gasteiger partial charge in [-0.25, -0.2) is 9.78 Å². The van der Waals surface area contributed by atoms with Crippen molar-refractivity contribution in [3.63, 3.8) is 0 Å². The van der Waals surface area contributed by atoms with Gasteiger partial charge in [0.1, 0.15) is 19.0 Å². The highest BCUT2D eigenvalue weighted by atomic mass is 35.5. The molecular formula is C19H17ClF3N5O3. The molecular weight excluding hydrogens is 439 g/mol. The van der Waals surface area contributed by atoms with Crippen LogP contribution in [0.1, 0.15) is 34.8 Å². The second-order valence-corrected chi connectivity index (χ2v) is 7.24. The van der Waals surface area contributed by atoms with Gasteiger partial charge in [0.25, 0.3) is 0 Å². The standard InChI is InChI=1S/C19H17ClF3N5O3/c1-3-31-18(29)16-14-7-27-15(8-30-9-19(21,22)23)25-26-17(27)12-6-11(20)4-5-13(12)28(14)10(2)24-16/h4-6H,3,7-9H2,1-2H3. The maximum absolute atomic E-state index is 12.5. The van der Waals surface area contributed by atoms with Gasteiger partial charge in [-0.3, -0.25) is 4.57 Å². The maximum atomic E-state index is 12.5. The minimum atomic E-state index is -4.46. The molecule has 31 heavy (non-hydrogen) atoms. The molecule has 3 aromatic rings. The number of esters is 1. The van der Waals surface area contributed by atoms with E-state index in [2.05, 4.69) is 15.2 Å². The Morgan fingerprint density at radius 3 is 2.77 bits per heavy atom. The molecule has 3 heterocycles. The Labute approximate surface area is 179 Å². The van der Waals surface area contributed by atoms with Gasteiger partial charge in [0.15, 0.2) is 17.3 Å². The van der Waals surface area contributed by atoms with Gasteiger partial charge in [-0.1, -0.05) is 11.6 Å². The van der Waals surface area contributed by atoms with Gasteiger partial charge in [-0.05, 0) is 32.0 Å². The smallest absolute Gasteiger partial charge is 0.411 e. The Hall–Kier alpha value is -2.92. The summed E-state index contributed by atoms with van der Waals surface area (Å²) in [6.45, 7) is 1.85. The highest BCUT2D eigenvalue weighted by molar-refractivity contribution is 6.31. The molecule has 0 radical (unpaired) electrons. The summed E-state index contributed by atoms with van der Waals surface area (Å²) in [6, 6.07) is 5.12. The summed E-state index contributed by atoms with van der Waals surface area (Å²) >= 11 is 6.19. The number of carbonyl (C=O) groups is 1. The quantitative estimate of drug-likeness (QED) is 0.427. The zero-order valence-corrected chi connectivity index (χ0v) is 17.3. The first-order valence-electron chi connectivity index (χ1n) is 9.31. The summed E-state index contributed by atoms with van der Waals surface area (Å²) in [5.41, 5.74) is 1.87. The third kappa shape index (κ3) is 4.02. The first-order valence-corrected chi connectivity index (χ1v) is 9.69. The molecule has 0 bridgehead atoms. The van der Waals surface area contributed by atoms with Crippen molar-refractivity contribution < 1.29 is 27.4 Å². The van der Waals surface area contributed by atoms with Gasteiger partial charge >= 0.3 is 12.1 Å². The molecule has 1 aliphatic heterocycles. The van der Waals surface area contributed by atoms with E-state index in [1.54, 1.807) is 41.2 Å². The van der Waals surface area contributed by atoms with Gasteiger partial charge in [-0.15, -0.1) is 10.2 Å². The lowest BCUT2D eigenvalue weighted by atomic mass is 10.1. The van der Waals surface area contributed by atoms with E-state index in [9.17, 15) is 18.0 Å². The van der Waals surface area contributed by atoms with E-state index >= 15 is 0 Å². The van der Waals surface area contributed by atoms with Crippen molar-refractivity contribution in [1.82, 2.24) is 24.3 Å². The molecule has 0 spiro atoms. The lowest BCUT2D eigenvalue weighted by Crippen LogP contribution is -2.18.